The first-order valence-electron chi connectivity index (χ1n) is 8.30. The highest BCUT2D eigenvalue weighted by molar-refractivity contribution is 5.69. The minimum Gasteiger partial charge on any atom is -0.492 e. The molecular weight excluding hydrogens is 326 g/mol. The van der Waals surface area contributed by atoms with Crippen LogP contribution in [0.4, 0.5) is 23.0 Å². The van der Waals surface area contributed by atoms with Crippen LogP contribution in [0.25, 0.3) is 0 Å². The number of aromatic nitrogens is 2. The highest BCUT2D eigenvalue weighted by Gasteiger charge is 2.08. The summed E-state index contributed by atoms with van der Waals surface area (Å²) in [6.45, 7) is 4.35. The Bertz CT molecular complexity index is 949. The van der Waals surface area contributed by atoms with Crippen molar-refractivity contribution in [2.24, 2.45) is 0 Å². The number of hydrogen-bond donors (Lipinski definition) is 2. The van der Waals surface area contributed by atoms with Crippen molar-refractivity contribution < 1.29 is 4.74 Å². The average Bonchev–Trinajstić information content (AvgIpc) is 2.63. The number of ether oxygens (including phenoxy) is 1. The number of anilines is 4. The molecule has 0 aliphatic heterocycles. The quantitative estimate of drug-likeness (QED) is 0.682. The van der Waals surface area contributed by atoms with Crippen LogP contribution in [0, 0.1) is 18.3 Å². The van der Waals surface area contributed by atoms with Crippen molar-refractivity contribution in [3.8, 4) is 11.8 Å². The lowest BCUT2D eigenvalue weighted by Crippen LogP contribution is -2.03. The summed E-state index contributed by atoms with van der Waals surface area (Å²) in [5, 5.41) is 15.7. The molecule has 0 saturated carbocycles. The van der Waals surface area contributed by atoms with Crippen LogP contribution in [0.2, 0.25) is 0 Å². The minimum atomic E-state index is 0.556. The third-order valence-electron chi connectivity index (χ3n) is 3.60. The van der Waals surface area contributed by atoms with Crippen LogP contribution >= 0.6 is 0 Å². The molecule has 1 aromatic heterocycles. The van der Waals surface area contributed by atoms with Gasteiger partial charge in [0.05, 0.1) is 23.5 Å². The summed E-state index contributed by atoms with van der Waals surface area (Å²) in [6, 6.07) is 18.9. The molecule has 0 radical (unpaired) electrons. The van der Waals surface area contributed by atoms with E-state index in [1.54, 1.807) is 12.1 Å². The Morgan fingerprint density at radius 2 is 1.58 bits per heavy atom. The van der Waals surface area contributed by atoms with Gasteiger partial charge >= 0.3 is 0 Å². The van der Waals surface area contributed by atoms with Crippen LogP contribution in [0.1, 0.15) is 18.3 Å². The van der Waals surface area contributed by atoms with E-state index in [1.165, 1.54) is 0 Å². The monoisotopic (exact) mass is 345 g/mol. The fraction of sp³-hybridized carbons (Fsp3) is 0.150. The number of para-hydroxylation sites is 3. The molecule has 0 aliphatic carbocycles. The first-order valence-corrected chi connectivity index (χ1v) is 8.30. The molecule has 0 saturated heterocycles. The summed E-state index contributed by atoms with van der Waals surface area (Å²) in [5.74, 6) is 2.62. The SMILES string of the molecule is CCOc1ccccc1Nc1cc(Nc2ccccc2C#N)nc(C)n1. The number of benzene rings is 2. The van der Waals surface area contributed by atoms with Gasteiger partial charge in [0.25, 0.3) is 0 Å². The molecule has 2 aromatic carbocycles. The van der Waals surface area contributed by atoms with E-state index in [-0.39, 0.29) is 0 Å². The van der Waals surface area contributed by atoms with Crippen molar-refractivity contribution in [3.05, 3.63) is 66.0 Å². The van der Waals surface area contributed by atoms with Crippen LogP contribution < -0.4 is 15.4 Å². The van der Waals surface area contributed by atoms with E-state index in [0.29, 0.717) is 35.3 Å². The minimum absolute atomic E-state index is 0.556. The standard InChI is InChI=1S/C20H19N5O/c1-3-26-18-11-7-6-10-17(18)25-20-12-19(22-14(2)23-20)24-16-9-5-4-8-15(16)13-21/h4-12H,3H2,1-2H3,(H2,22,23,24,25). The molecule has 0 unspecified atom stereocenters. The van der Waals surface area contributed by atoms with Crippen molar-refractivity contribution in [2.75, 3.05) is 17.2 Å². The van der Waals surface area contributed by atoms with Crippen LogP contribution in [0.15, 0.2) is 54.6 Å². The van der Waals surface area contributed by atoms with E-state index in [0.717, 1.165) is 11.4 Å². The van der Waals surface area contributed by atoms with Gasteiger partial charge in [0, 0.05) is 6.07 Å². The Balaban J connectivity index is 1.88. The lowest BCUT2D eigenvalue weighted by molar-refractivity contribution is 0.342. The van der Waals surface area contributed by atoms with E-state index >= 15 is 0 Å². The lowest BCUT2D eigenvalue weighted by atomic mass is 10.2. The summed E-state index contributed by atoms with van der Waals surface area (Å²) < 4.78 is 5.64. The van der Waals surface area contributed by atoms with Gasteiger partial charge in [-0.25, -0.2) is 9.97 Å². The van der Waals surface area contributed by atoms with Crippen molar-refractivity contribution >= 4 is 23.0 Å². The zero-order valence-corrected chi connectivity index (χ0v) is 14.7. The molecule has 0 spiro atoms. The smallest absolute Gasteiger partial charge is 0.142 e. The van der Waals surface area contributed by atoms with Gasteiger partial charge in [-0.1, -0.05) is 24.3 Å². The van der Waals surface area contributed by atoms with Gasteiger partial charge in [0.1, 0.15) is 29.3 Å². The number of rotatable bonds is 6. The lowest BCUT2D eigenvalue weighted by Gasteiger charge is -2.13. The number of nitriles is 1. The van der Waals surface area contributed by atoms with Crippen molar-refractivity contribution in [2.45, 2.75) is 13.8 Å². The van der Waals surface area contributed by atoms with Crippen molar-refractivity contribution in [1.82, 2.24) is 9.97 Å². The van der Waals surface area contributed by atoms with Gasteiger partial charge in [-0.2, -0.15) is 5.26 Å². The number of hydrogen-bond acceptors (Lipinski definition) is 6. The molecule has 0 bridgehead atoms. The normalized spacial score (nSPS) is 10.0. The van der Waals surface area contributed by atoms with Gasteiger partial charge in [-0.15, -0.1) is 0 Å². The molecule has 130 valence electrons. The molecule has 6 nitrogen and oxygen atoms in total. The van der Waals surface area contributed by atoms with Crippen LogP contribution in [0.3, 0.4) is 0 Å². The third kappa shape index (κ3) is 4.08. The van der Waals surface area contributed by atoms with Gasteiger partial charge in [-0.3, -0.25) is 0 Å². The fourth-order valence-electron chi connectivity index (χ4n) is 2.51. The summed E-state index contributed by atoms with van der Waals surface area (Å²) in [4.78, 5) is 8.83. The molecule has 1 heterocycles. The van der Waals surface area contributed by atoms with Gasteiger partial charge in [-0.05, 0) is 38.1 Å². The van der Waals surface area contributed by atoms with Gasteiger partial charge in [0.15, 0.2) is 0 Å². The molecule has 0 aliphatic rings. The fourth-order valence-corrected chi connectivity index (χ4v) is 2.51. The molecule has 6 heteroatoms. The Morgan fingerprint density at radius 3 is 2.27 bits per heavy atom. The number of nitrogens with zero attached hydrogens (tertiary/aromatic N) is 3. The molecule has 3 rings (SSSR count). The number of aryl methyl sites for hydroxylation is 1. The molecule has 2 N–H and O–H groups in total. The van der Waals surface area contributed by atoms with Crippen LogP contribution in [0.5, 0.6) is 5.75 Å². The molecule has 0 fully saturated rings. The highest BCUT2D eigenvalue weighted by atomic mass is 16.5. The Hall–Kier alpha value is -3.59. The topological polar surface area (TPSA) is 82.9 Å². The van der Waals surface area contributed by atoms with E-state index in [4.69, 9.17) is 4.74 Å². The van der Waals surface area contributed by atoms with Crippen molar-refractivity contribution in [3.63, 3.8) is 0 Å². The first kappa shape index (κ1) is 17.2. The van der Waals surface area contributed by atoms with Crippen LogP contribution in [-0.2, 0) is 0 Å². The Morgan fingerprint density at radius 1 is 0.962 bits per heavy atom. The van der Waals surface area contributed by atoms with Gasteiger partial charge < -0.3 is 15.4 Å². The average molecular weight is 345 g/mol. The maximum absolute atomic E-state index is 9.23. The largest absolute Gasteiger partial charge is 0.492 e. The second kappa shape index (κ2) is 7.99. The summed E-state index contributed by atoms with van der Waals surface area (Å²) in [6.07, 6.45) is 0. The first-order chi connectivity index (χ1) is 12.7. The van der Waals surface area contributed by atoms with E-state index < -0.39 is 0 Å². The molecule has 26 heavy (non-hydrogen) atoms. The molecular formula is C20H19N5O. The summed E-state index contributed by atoms with van der Waals surface area (Å²) in [5.41, 5.74) is 2.09. The van der Waals surface area contributed by atoms with Crippen LogP contribution in [-0.4, -0.2) is 16.6 Å². The Kier molecular flexibility index (Phi) is 5.30. The highest BCUT2D eigenvalue weighted by Crippen LogP contribution is 2.28. The molecule has 3 aromatic rings. The second-order valence-electron chi connectivity index (χ2n) is 5.52. The van der Waals surface area contributed by atoms with Crippen molar-refractivity contribution in [1.29, 1.82) is 5.26 Å². The van der Waals surface area contributed by atoms with E-state index in [9.17, 15) is 5.26 Å². The maximum Gasteiger partial charge on any atom is 0.142 e. The Labute approximate surface area is 152 Å². The van der Waals surface area contributed by atoms with E-state index in [2.05, 4.69) is 26.7 Å². The predicted molar refractivity (Wildman–Crippen MR) is 102 cm³/mol. The third-order valence-corrected chi connectivity index (χ3v) is 3.60. The zero-order chi connectivity index (χ0) is 18.4. The van der Waals surface area contributed by atoms with E-state index in [1.807, 2.05) is 56.3 Å². The summed E-state index contributed by atoms with van der Waals surface area (Å²) in [7, 11) is 0. The summed E-state index contributed by atoms with van der Waals surface area (Å²) >= 11 is 0. The second-order valence-corrected chi connectivity index (χ2v) is 5.52. The molecule has 0 atom stereocenters. The zero-order valence-electron chi connectivity index (χ0n) is 14.7. The molecule has 0 amide bonds. The predicted octanol–water partition coefficient (Wildman–Crippen LogP) is 4.54. The number of nitrogens with one attached hydrogen (secondary N) is 2. The van der Waals surface area contributed by atoms with Gasteiger partial charge in [0.2, 0.25) is 0 Å². The maximum atomic E-state index is 9.23.